The molecule has 7 rings (SSSR count). The van der Waals surface area contributed by atoms with Crippen LogP contribution in [0.5, 0.6) is 0 Å². The number of esters is 2. The van der Waals surface area contributed by atoms with Crippen LogP contribution in [0.25, 0.3) is 44.4 Å². The molecule has 4 aliphatic rings. The molecule has 2 atom stereocenters. The van der Waals surface area contributed by atoms with Crippen molar-refractivity contribution in [3.63, 3.8) is 0 Å². The predicted octanol–water partition coefficient (Wildman–Crippen LogP) is 11.5. The van der Waals surface area contributed by atoms with Crippen LogP contribution < -0.4 is 0 Å². The normalized spacial score (nSPS) is 17.8. The van der Waals surface area contributed by atoms with Gasteiger partial charge in [-0.05, 0) is 138 Å². The van der Waals surface area contributed by atoms with Gasteiger partial charge in [0.15, 0.2) is 0 Å². The molecule has 2 fully saturated rings. The molecule has 0 radical (unpaired) electrons. The van der Waals surface area contributed by atoms with E-state index in [4.69, 9.17) is 28.9 Å². The molecule has 58 heavy (non-hydrogen) atoms. The molecular formula is C48H62N4O6. The summed E-state index contributed by atoms with van der Waals surface area (Å²) in [5.41, 5.74) is 15.5. The summed E-state index contributed by atoms with van der Waals surface area (Å²) < 4.78 is 23.8. The van der Waals surface area contributed by atoms with Crippen LogP contribution in [0.3, 0.4) is 0 Å². The lowest BCUT2D eigenvalue weighted by Crippen LogP contribution is -2.18. The molecule has 3 aromatic rings. The highest BCUT2D eigenvalue weighted by molar-refractivity contribution is 5.96. The fourth-order valence-electron chi connectivity index (χ4n) is 9.60. The van der Waals surface area contributed by atoms with Crippen LogP contribution >= 0.6 is 0 Å². The van der Waals surface area contributed by atoms with Gasteiger partial charge >= 0.3 is 11.9 Å². The second-order valence-corrected chi connectivity index (χ2v) is 16.8. The zero-order chi connectivity index (χ0) is 41.1. The number of nitrogens with zero attached hydrogens (tertiary/aromatic N) is 2. The van der Waals surface area contributed by atoms with Crippen molar-refractivity contribution in [2.45, 2.75) is 156 Å². The number of H-pyrrole nitrogens is 2. The Bertz CT molecular complexity index is 2270. The van der Waals surface area contributed by atoms with Crippen LogP contribution in [0.4, 0.5) is 0 Å². The largest absolute Gasteiger partial charge is 0.469 e. The smallest absolute Gasteiger partial charge is 0.305 e. The Balaban J connectivity index is 1.50. The van der Waals surface area contributed by atoms with Crippen LogP contribution in [0, 0.1) is 13.8 Å². The van der Waals surface area contributed by atoms with E-state index in [1.807, 2.05) is 6.07 Å². The van der Waals surface area contributed by atoms with E-state index < -0.39 is 0 Å². The van der Waals surface area contributed by atoms with Gasteiger partial charge in [-0.3, -0.25) is 9.59 Å². The van der Waals surface area contributed by atoms with Crippen LogP contribution in [-0.4, -0.2) is 58.3 Å². The molecule has 2 aliphatic carbocycles. The maximum absolute atomic E-state index is 12.5. The zero-order valence-corrected chi connectivity index (χ0v) is 35.9. The first-order valence-corrected chi connectivity index (χ1v) is 21.6. The first kappa shape index (κ1) is 41.6. The summed E-state index contributed by atoms with van der Waals surface area (Å²) in [5, 5.41) is 0. The predicted molar refractivity (Wildman–Crippen MR) is 231 cm³/mol. The van der Waals surface area contributed by atoms with Gasteiger partial charge in [0.2, 0.25) is 0 Å². The summed E-state index contributed by atoms with van der Waals surface area (Å²) >= 11 is 0. The molecule has 10 nitrogen and oxygen atoms in total. The van der Waals surface area contributed by atoms with E-state index in [0.29, 0.717) is 12.8 Å². The van der Waals surface area contributed by atoms with Crippen molar-refractivity contribution < 1.29 is 28.5 Å². The van der Waals surface area contributed by atoms with Gasteiger partial charge in [-0.2, -0.15) is 0 Å². The standard InChI is InChI=1S/C48H62N4O6/c1-27-35(19-21-45(53)55-7)41-26-42-36(20-22-46(54)56-8)28(2)38(50-42)24-43-48(32(6)58-34-17-13-10-14-18-34)30(4)40(52-43)25-44-47(29(3)39(51-44)23-37(27)49-41)31(5)57-33-15-11-9-12-16-33/h23-26,31-34,51-52H,9-22H2,1-8H3. The van der Waals surface area contributed by atoms with E-state index in [1.54, 1.807) is 0 Å². The number of ether oxygens (including phenoxy) is 4. The summed E-state index contributed by atoms with van der Waals surface area (Å²) in [6.07, 6.45) is 13.3. The van der Waals surface area contributed by atoms with Gasteiger partial charge in [-0.1, -0.05) is 38.5 Å². The first-order chi connectivity index (χ1) is 27.9. The number of methoxy groups -OCH3 is 2. The van der Waals surface area contributed by atoms with Crippen LogP contribution in [0.1, 0.15) is 175 Å². The average Bonchev–Trinajstić information content (AvgIpc) is 3.89. The Labute approximate surface area is 343 Å². The van der Waals surface area contributed by atoms with Crippen LogP contribution in [0.2, 0.25) is 0 Å². The minimum atomic E-state index is -0.275. The van der Waals surface area contributed by atoms with Crippen molar-refractivity contribution in [2.75, 3.05) is 14.2 Å². The molecule has 0 saturated heterocycles. The van der Waals surface area contributed by atoms with Crippen LogP contribution in [-0.2, 0) is 28.5 Å². The average molecular weight is 791 g/mol. The van der Waals surface area contributed by atoms with E-state index in [1.165, 1.54) is 52.7 Å². The van der Waals surface area contributed by atoms with Crippen molar-refractivity contribution in [3.8, 4) is 0 Å². The van der Waals surface area contributed by atoms with Gasteiger partial charge in [-0.15, -0.1) is 0 Å². The lowest BCUT2D eigenvalue weighted by Gasteiger charge is -2.26. The highest BCUT2D eigenvalue weighted by Gasteiger charge is 2.27. The third kappa shape index (κ3) is 8.88. The van der Waals surface area contributed by atoms with Gasteiger partial charge < -0.3 is 28.9 Å². The maximum atomic E-state index is 12.5. The number of carbonyl (C=O) groups is 2. The van der Waals surface area contributed by atoms with Gasteiger partial charge in [0.1, 0.15) is 0 Å². The number of aromatic nitrogens is 4. The minimum Gasteiger partial charge on any atom is -0.469 e. The molecule has 2 aliphatic heterocycles. The molecule has 2 saturated carbocycles. The molecule has 5 heterocycles. The van der Waals surface area contributed by atoms with Gasteiger partial charge in [0.25, 0.3) is 0 Å². The highest BCUT2D eigenvalue weighted by Crippen LogP contribution is 2.40. The van der Waals surface area contributed by atoms with Gasteiger partial charge in [0, 0.05) is 46.0 Å². The number of allylic oxidation sites excluding steroid dienone is 4. The van der Waals surface area contributed by atoms with E-state index in [-0.39, 0.29) is 49.2 Å². The Morgan fingerprint density at radius 2 is 0.983 bits per heavy atom. The lowest BCUT2D eigenvalue weighted by atomic mass is 9.97. The molecule has 0 spiro atoms. The molecule has 3 aromatic heterocycles. The summed E-state index contributed by atoms with van der Waals surface area (Å²) in [7, 11) is 2.84. The monoisotopic (exact) mass is 790 g/mol. The second-order valence-electron chi connectivity index (χ2n) is 16.8. The highest BCUT2D eigenvalue weighted by atomic mass is 16.5. The van der Waals surface area contributed by atoms with Crippen molar-refractivity contribution in [1.29, 1.82) is 0 Å². The third-order valence-electron chi connectivity index (χ3n) is 13.0. The summed E-state index contributed by atoms with van der Waals surface area (Å²) in [4.78, 5) is 43.1. The molecular weight excluding hydrogens is 729 g/mol. The number of fused-ring (bicyclic) bond motifs is 8. The quantitative estimate of drug-likeness (QED) is 0.174. The van der Waals surface area contributed by atoms with E-state index in [0.717, 1.165) is 115 Å². The molecule has 0 aromatic carbocycles. The van der Waals surface area contributed by atoms with E-state index >= 15 is 0 Å². The molecule has 0 amide bonds. The first-order valence-electron chi connectivity index (χ1n) is 21.6. The number of hydrogen-bond donors (Lipinski definition) is 2. The fourth-order valence-corrected chi connectivity index (χ4v) is 9.60. The molecule has 8 bridgehead atoms. The summed E-state index contributed by atoms with van der Waals surface area (Å²) in [5.74, 6) is -0.550. The Kier molecular flexibility index (Phi) is 13.0. The SMILES string of the molecule is COC(=O)CCC1=C(C)c2cc3[nH]c(cc4[nH]c(cc5nc(cc1n2)C(CCC(=O)OC)=C5C)c(C(C)OC1CCCCC1)c4C)c(C(C)OC1CCCCC1)c3C. The number of aromatic amines is 2. The molecule has 2 unspecified atom stereocenters. The Morgan fingerprint density at radius 3 is 1.41 bits per heavy atom. The second kappa shape index (κ2) is 18.2. The van der Waals surface area contributed by atoms with Crippen molar-refractivity contribution in [3.05, 3.63) is 69.3 Å². The van der Waals surface area contributed by atoms with Gasteiger partial charge in [0.05, 0.1) is 61.4 Å². The number of rotatable bonds is 12. The molecule has 10 heteroatoms. The Hall–Kier alpha value is -4.54. The Morgan fingerprint density at radius 1 is 0.586 bits per heavy atom. The lowest BCUT2D eigenvalue weighted by molar-refractivity contribution is -0.141. The minimum absolute atomic E-state index is 0.130. The summed E-state index contributed by atoms with van der Waals surface area (Å²) in [6, 6.07) is 8.53. The topological polar surface area (TPSA) is 128 Å². The maximum Gasteiger partial charge on any atom is 0.305 e. The van der Waals surface area contributed by atoms with Crippen molar-refractivity contribution in [2.24, 2.45) is 0 Å². The summed E-state index contributed by atoms with van der Waals surface area (Å²) in [6.45, 7) is 12.9. The molecule has 310 valence electrons. The van der Waals surface area contributed by atoms with Gasteiger partial charge in [-0.25, -0.2) is 9.97 Å². The van der Waals surface area contributed by atoms with Crippen molar-refractivity contribution in [1.82, 2.24) is 19.9 Å². The molecule has 2 N–H and O–H groups in total. The number of carbonyl (C=O) groups excluding carboxylic acids is 2. The van der Waals surface area contributed by atoms with E-state index in [9.17, 15) is 9.59 Å². The fraction of sp³-hybridized carbons (Fsp3) is 0.542. The van der Waals surface area contributed by atoms with Crippen molar-refractivity contribution >= 4 is 56.3 Å². The third-order valence-corrected chi connectivity index (χ3v) is 13.0. The van der Waals surface area contributed by atoms with E-state index in [2.05, 4.69) is 69.7 Å². The number of hydrogen-bond acceptors (Lipinski definition) is 8. The zero-order valence-electron chi connectivity index (χ0n) is 35.9. The number of nitrogens with one attached hydrogen (secondary N) is 2. The number of aryl methyl sites for hydroxylation is 2. The van der Waals surface area contributed by atoms with Crippen LogP contribution in [0.15, 0.2) is 24.3 Å².